The van der Waals surface area contributed by atoms with Gasteiger partial charge < -0.3 is 5.73 Å². The van der Waals surface area contributed by atoms with Crippen molar-refractivity contribution in [2.75, 3.05) is 5.73 Å². The molecule has 0 aliphatic heterocycles. The zero-order valence-electron chi connectivity index (χ0n) is 9.21. The van der Waals surface area contributed by atoms with Gasteiger partial charge in [-0.1, -0.05) is 39.3 Å². The number of nitrogens with two attached hydrogens (primary N) is 1. The molecule has 1 rings (SSSR count). The predicted octanol–water partition coefficient (Wildman–Crippen LogP) is 3.28. The van der Waals surface area contributed by atoms with Crippen LogP contribution in [0.4, 0.5) is 5.69 Å². The second-order valence-corrected chi connectivity index (χ2v) is 3.11. The van der Waals surface area contributed by atoms with Crippen LogP contribution in [-0.2, 0) is 0 Å². The van der Waals surface area contributed by atoms with Crippen molar-refractivity contribution in [2.24, 2.45) is 0 Å². The summed E-state index contributed by atoms with van der Waals surface area (Å²) in [5, 5.41) is 0. The van der Waals surface area contributed by atoms with Gasteiger partial charge in [0.15, 0.2) is 5.78 Å². The van der Waals surface area contributed by atoms with Gasteiger partial charge in [-0.05, 0) is 12.1 Å². The molecule has 1 aromatic carbocycles. The molecular weight excluding hydrogens is 174 g/mol. The minimum absolute atomic E-state index is 0.136. The molecule has 0 amide bonds. The minimum Gasteiger partial charge on any atom is -0.399 e. The maximum Gasteiger partial charge on any atom is 0.162 e. The zero-order valence-corrected chi connectivity index (χ0v) is 9.21. The van der Waals surface area contributed by atoms with Crippen LogP contribution in [0.15, 0.2) is 24.3 Å². The van der Waals surface area contributed by atoms with Gasteiger partial charge in [0.25, 0.3) is 0 Å². The standard InChI is InChI=1S/C9H11NO.C3H8/c1-2-9(11)7-4-3-5-8(10)6-7;1-3-2/h3-6H,2,10H2,1H3;3H2,1-2H3. The molecule has 78 valence electrons. The van der Waals surface area contributed by atoms with Gasteiger partial charge in [0.1, 0.15) is 0 Å². The Kier molecular flexibility index (Phi) is 6.46. The Balaban J connectivity index is 0.000000500. The Hall–Kier alpha value is -1.31. The summed E-state index contributed by atoms with van der Waals surface area (Å²) in [4.78, 5) is 11.1. The van der Waals surface area contributed by atoms with E-state index in [0.29, 0.717) is 17.7 Å². The number of carbonyl (C=O) groups excluding carboxylic acids is 1. The monoisotopic (exact) mass is 193 g/mol. The number of anilines is 1. The van der Waals surface area contributed by atoms with E-state index in [1.165, 1.54) is 6.42 Å². The summed E-state index contributed by atoms with van der Waals surface area (Å²) >= 11 is 0. The summed E-state index contributed by atoms with van der Waals surface area (Å²) in [5.74, 6) is 0.136. The second-order valence-electron chi connectivity index (χ2n) is 3.11. The zero-order chi connectivity index (χ0) is 11.0. The van der Waals surface area contributed by atoms with Gasteiger partial charge in [-0.25, -0.2) is 0 Å². The van der Waals surface area contributed by atoms with Crippen molar-refractivity contribution in [3.8, 4) is 0 Å². The van der Waals surface area contributed by atoms with Crippen LogP contribution in [0.2, 0.25) is 0 Å². The van der Waals surface area contributed by atoms with Crippen LogP contribution < -0.4 is 5.73 Å². The van der Waals surface area contributed by atoms with Crippen molar-refractivity contribution >= 4 is 11.5 Å². The molecule has 0 heterocycles. The van der Waals surface area contributed by atoms with E-state index in [-0.39, 0.29) is 5.78 Å². The molecule has 2 N–H and O–H groups in total. The number of benzene rings is 1. The highest BCUT2D eigenvalue weighted by Gasteiger charge is 2.00. The number of hydrogen-bond acceptors (Lipinski definition) is 2. The molecule has 1 aromatic rings. The summed E-state index contributed by atoms with van der Waals surface area (Å²) in [6.45, 7) is 6.09. The third-order valence-electron chi connectivity index (χ3n) is 1.53. The smallest absolute Gasteiger partial charge is 0.162 e. The van der Waals surface area contributed by atoms with Crippen LogP contribution in [0.5, 0.6) is 0 Å². The minimum atomic E-state index is 0.136. The highest BCUT2D eigenvalue weighted by molar-refractivity contribution is 5.96. The van der Waals surface area contributed by atoms with Gasteiger partial charge in [0.05, 0.1) is 0 Å². The molecule has 2 heteroatoms. The molecular formula is C12H19NO. The molecule has 0 bridgehead atoms. The highest BCUT2D eigenvalue weighted by Crippen LogP contribution is 2.08. The van der Waals surface area contributed by atoms with Gasteiger partial charge in [-0.3, -0.25) is 4.79 Å². The van der Waals surface area contributed by atoms with Crippen LogP contribution in [0, 0.1) is 0 Å². The van der Waals surface area contributed by atoms with E-state index < -0.39 is 0 Å². The molecule has 0 aliphatic rings. The molecule has 0 radical (unpaired) electrons. The first-order valence-corrected chi connectivity index (χ1v) is 5.04. The first kappa shape index (κ1) is 12.7. The van der Waals surface area contributed by atoms with Crippen molar-refractivity contribution < 1.29 is 4.79 Å². The third-order valence-corrected chi connectivity index (χ3v) is 1.53. The first-order valence-electron chi connectivity index (χ1n) is 5.04. The summed E-state index contributed by atoms with van der Waals surface area (Å²) in [6.07, 6.45) is 1.78. The number of hydrogen-bond donors (Lipinski definition) is 1. The van der Waals surface area contributed by atoms with E-state index in [9.17, 15) is 4.79 Å². The molecule has 2 nitrogen and oxygen atoms in total. The van der Waals surface area contributed by atoms with Gasteiger partial charge >= 0.3 is 0 Å². The normalized spacial score (nSPS) is 8.79. The fourth-order valence-electron chi connectivity index (χ4n) is 0.916. The molecule has 0 atom stereocenters. The lowest BCUT2D eigenvalue weighted by atomic mass is 10.1. The largest absolute Gasteiger partial charge is 0.399 e. The Labute approximate surface area is 86.1 Å². The van der Waals surface area contributed by atoms with Crippen molar-refractivity contribution in [2.45, 2.75) is 33.6 Å². The third kappa shape index (κ3) is 4.65. The number of carbonyl (C=O) groups is 1. The average molecular weight is 193 g/mol. The van der Waals surface area contributed by atoms with Crippen LogP contribution in [0.25, 0.3) is 0 Å². The van der Waals surface area contributed by atoms with E-state index in [1.807, 2.05) is 6.92 Å². The van der Waals surface area contributed by atoms with Crippen molar-refractivity contribution in [1.29, 1.82) is 0 Å². The van der Waals surface area contributed by atoms with E-state index in [2.05, 4.69) is 13.8 Å². The van der Waals surface area contributed by atoms with E-state index in [1.54, 1.807) is 24.3 Å². The Morgan fingerprint density at radius 1 is 1.29 bits per heavy atom. The SMILES string of the molecule is CCC.CCC(=O)c1cccc(N)c1. The number of rotatable bonds is 2. The van der Waals surface area contributed by atoms with Crippen LogP contribution in [0.3, 0.4) is 0 Å². The van der Waals surface area contributed by atoms with Gasteiger partial charge in [-0.15, -0.1) is 0 Å². The van der Waals surface area contributed by atoms with Crippen molar-refractivity contribution in [3.63, 3.8) is 0 Å². The lowest BCUT2D eigenvalue weighted by Gasteiger charge is -1.97. The summed E-state index contributed by atoms with van der Waals surface area (Å²) in [5.41, 5.74) is 6.84. The average Bonchev–Trinajstić information content (AvgIpc) is 2.18. The Morgan fingerprint density at radius 3 is 2.29 bits per heavy atom. The lowest BCUT2D eigenvalue weighted by Crippen LogP contribution is -1.97. The number of nitrogen functional groups attached to an aromatic ring is 1. The van der Waals surface area contributed by atoms with Gasteiger partial charge in [-0.2, -0.15) is 0 Å². The summed E-state index contributed by atoms with van der Waals surface area (Å²) < 4.78 is 0. The highest BCUT2D eigenvalue weighted by atomic mass is 16.1. The van der Waals surface area contributed by atoms with E-state index in [4.69, 9.17) is 5.73 Å². The molecule has 0 fully saturated rings. The lowest BCUT2D eigenvalue weighted by molar-refractivity contribution is 0.0988. The van der Waals surface area contributed by atoms with Crippen LogP contribution in [-0.4, -0.2) is 5.78 Å². The summed E-state index contributed by atoms with van der Waals surface area (Å²) in [6, 6.07) is 7.04. The molecule has 14 heavy (non-hydrogen) atoms. The molecule has 0 saturated heterocycles. The van der Waals surface area contributed by atoms with Crippen LogP contribution in [0.1, 0.15) is 44.0 Å². The van der Waals surface area contributed by atoms with E-state index in [0.717, 1.165) is 0 Å². The maximum absolute atomic E-state index is 11.1. The van der Waals surface area contributed by atoms with Crippen molar-refractivity contribution in [1.82, 2.24) is 0 Å². The first-order chi connectivity index (χ1) is 6.65. The number of Topliss-reactive ketones (excluding diaryl/α,β-unsaturated/α-hetero) is 1. The molecule has 0 spiro atoms. The fraction of sp³-hybridized carbons (Fsp3) is 0.417. The van der Waals surface area contributed by atoms with Gasteiger partial charge in [0.2, 0.25) is 0 Å². The van der Waals surface area contributed by atoms with E-state index >= 15 is 0 Å². The second kappa shape index (κ2) is 7.13. The fourth-order valence-corrected chi connectivity index (χ4v) is 0.916. The van der Waals surface area contributed by atoms with Crippen LogP contribution >= 0.6 is 0 Å². The molecule has 0 saturated carbocycles. The molecule has 0 aliphatic carbocycles. The predicted molar refractivity (Wildman–Crippen MR) is 61.4 cm³/mol. The van der Waals surface area contributed by atoms with Crippen molar-refractivity contribution in [3.05, 3.63) is 29.8 Å². The maximum atomic E-state index is 11.1. The molecule has 0 aromatic heterocycles. The molecule has 0 unspecified atom stereocenters. The van der Waals surface area contributed by atoms with Gasteiger partial charge in [0, 0.05) is 17.7 Å². The quantitative estimate of drug-likeness (QED) is 0.578. The topological polar surface area (TPSA) is 43.1 Å². The number of ketones is 1. The Bertz CT molecular complexity index is 281. The Morgan fingerprint density at radius 2 is 1.86 bits per heavy atom. The summed E-state index contributed by atoms with van der Waals surface area (Å²) in [7, 11) is 0.